The second-order valence-electron chi connectivity index (χ2n) is 9.57. The van der Waals surface area contributed by atoms with E-state index in [1.165, 1.54) is 6.42 Å². The van der Waals surface area contributed by atoms with Gasteiger partial charge in [-0.3, -0.25) is 25.0 Å². The fourth-order valence-electron chi connectivity index (χ4n) is 6.32. The van der Waals surface area contributed by atoms with Crippen LogP contribution in [0.2, 0.25) is 0 Å². The van der Waals surface area contributed by atoms with E-state index >= 15 is 0 Å². The van der Waals surface area contributed by atoms with Crippen LogP contribution in [0.25, 0.3) is 0 Å². The minimum atomic E-state index is -0.282. The number of rotatable bonds is 2. The smallest absolute Gasteiger partial charge is 0.253 e. The summed E-state index contributed by atoms with van der Waals surface area (Å²) in [4.78, 5) is 39.3. The quantitative estimate of drug-likeness (QED) is 0.457. The predicted octanol–water partition coefficient (Wildman–Crippen LogP) is 0.760. The first kappa shape index (κ1) is 19.6. The van der Waals surface area contributed by atoms with Gasteiger partial charge in [-0.2, -0.15) is 5.26 Å². The largest absolute Gasteiger partial charge is 0.388 e. The number of amides is 3. The Morgan fingerprint density at radius 1 is 1.10 bits per heavy atom. The average molecular weight is 412 g/mol. The molecule has 0 aromatic carbocycles. The highest BCUT2D eigenvalue weighted by Gasteiger charge is 2.53. The van der Waals surface area contributed by atoms with Crippen LogP contribution in [0.3, 0.4) is 0 Å². The Labute approximate surface area is 176 Å². The number of carbonyl (C=O) groups is 3. The fourth-order valence-corrected chi connectivity index (χ4v) is 6.32. The van der Waals surface area contributed by atoms with Crippen LogP contribution in [0.1, 0.15) is 51.9 Å². The third-order valence-corrected chi connectivity index (χ3v) is 8.02. The minimum Gasteiger partial charge on any atom is -0.388 e. The van der Waals surface area contributed by atoms with Gasteiger partial charge in [0, 0.05) is 35.8 Å². The predicted molar refractivity (Wildman–Crippen MR) is 107 cm³/mol. The van der Waals surface area contributed by atoms with Crippen molar-refractivity contribution in [3.63, 3.8) is 0 Å². The SMILES string of the molecule is CC1/C(=C/NC2CCC3C(=O)NC(=O)C3C2)C(=O)N2C3CCCCC3NC2C1C#N. The summed E-state index contributed by atoms with van der Waals surface area (Å²) >= 11 is 0. The molecule has 2 aliphatic carbocycles. The van der Waals surface area contributed by atoms with Crippen molar-refractivity contribution in [1.29, 1.82) is 5.26 Å². The highest BCUT2D eigenvalue weighted by Crippen LogP contribution is 2.41. The highest BCUT2D eigenvalue weighted by atomic mass is 16.2. The molecule has 8 atom stereocenters. The van der Waals surface area contributed by atoms with Crippen LogP contribution < -0.4 is 16.0 Å². The molecular weight excluding hydrogens is 382 g/mol. The van der Waals surface area contributed by atoms with Crippen molar-refractivity contribution in [2.24, 2.45) is 23.7 Å². The molecule has 0 aromatic heterocycles. The van der Waals surface area contributed by atoms with Crippen molar-refractivity contribution in [1.82, 2.24) is 20.9 Å². The number of carbonyl (C=O) groups excluding carboxylic acids is 3. The molecule has 2 saturated carbocycles. The standard InChI is InChI=1S/C22H29N5O3/c1-11-15(9-23)19-25-17-4-2-3-5-18(17)27(19)22(30)16(11)10-24-12-6-7-13-14(8-12)21(29)26-20(13)28/h10-15,17-19,24-25H,2-8H2,1H3,(H,26,28,29)/b16-10-. The number of imide groups is 1. The summed E-state index contributed by atoms with van der Waals surface area (Å²) in [6.07, 6.45) is 7.98. The van der Waals surface area contributed by atoms with E-state index in [2.05, 4.69) is 22.0 Å². The zero-order valence-electron chi connectivity index (χ0n) is 17.3. The number of nitrogens with one attached hydrogen (secondary N) is 3. The molecule has 3 heterocycles. The summed E-state index contributed by atoms with van der Waals surface area (Å²) in [5.74, 6) is -1.23. The molecule has 3 amide bonds. The van der Waals surface area contributed by atoms with E-state index in [4.69, 9.17) is 0 Å². The van der Waals surface area contributed by atoms with Crippen molar-refractivity contribution < 1.29 is 14.4 Å². The van der Waals surface area contributed by atoms with Gasteiger partial charge in [0.1, 0.15) is 0 Å². The van der Waals surface area contributed by atoms with Gasteiger partial charge in [0.25, 0.3) is 5.91 Å². The van der Waals surface area contributed by atoms with Crippen LogP contribution in [0, 0.1) is 35.0 Å². The molecule has 5 aliphatic rings. The first-order valence-corrected chi connectivity index (χ1v) is 11.3. The Kier molecular flexibility index (Phi) is 4.81. The maximum atomic E-state index is 13.4. The lowest BCUT2D eigenvalue weighted by molar-refractivity contribution is -0.135. The molecule has 8 heteroatoms. The number of nitrogens with zero attached hydrogens (tertiary/aromatic N) is 2. The number of hydrogen-bond acceptors (Lipinski definition) is 6. The van der Waals surface area contributed by atoms with Gasteiger partial charge in [0.05, 0.1) is 30.0 Å². The maximum absolute atomic E-state index is 13.4. The van der Waals surface area contributed by atoms with Gasteiger partial charge in [-0.1, -0.05) is 19.8 Å². The summed E-state index contributed by atoms with van der Waals surface area (Å²) in [5, 5.41) is 19.2. The first-order valence-electron chi connectivity index (χ1n) is 11.3. The molecular formula is C22H29N5O3. The van der Waals surface area contributed by atoms with Crippen LogP contribution >= 0.6 is 0 Å². The molecule has 0 aromatic rings. The molecule has 8 nitrogen and oxygen atoms in total. The minimum absolute atomic E-state index is 0.0240. The van der Waals surface area contributed by atoms with Gasteiger partial charge in [-0.15, -0.1) is 0 Å². The second-order valence-corrected chi connectivity index (χ2v) is 9.57. The molecule has 30 heavy (non-hydrogen) atoms. The van der Waals surface area contributed by atoms with E-state index < -0.39 is 0 Å². The molecule has 0 bridgehead atoms. The van der Waals surface area contributed by atoms with Gasteiger partial charge in [0.2, 0.25) is 11.8 Å². The Hall–Kier alpha value is -2.40. The Balaban J connectivity index is 1.34. The van der Waals surface area contributed by atoms with E-state index in [-0.39, 0.29) is 65.7 Å². The lowest BCUT2D eigenvalue weighted by Crippen LogP contribution is -2.55. The molecule has 3 N–H and O–H groups in total. The number of piperidine rings is 1. The third kappa shape index (κ3) is 2.94. The topological polar surface area (TPSA) is 114 Å². The lowest BCUT2D eigenvalue weighted by atomic mass is 9.78. The van der Waals surface area contributed by atoms with Gasteiger partial charge in [0.15, 0.2) is 0 Å². The second kappa shape index (κ2) is 7.38. The molecule has 160 valence electrons. The molecule has 5 rings (SSSR count). The van der Waals surface area contributed by atoms with E-state index in [1.54, 1.807) is 6.20 Å². The molecule has 8 unspecified atom stereocenters. The Morgan fingerprint density at radius 2 is 1.87 bits per heavy atom. The maximum Gasteiger partial charge on any atom is 0.253 e. The van der Waals surface area contributed by atoms with Crippen LogP contribution in [-0.2, 0) is 14.4 Å². The summed E-state index contributed by atoms with van der Waals surface area (Å²) in [5.41, 5.74) is 0.653. The highest BCUT2D eigenvalue weighted by molar-refractivity contribution is 6.05. The van der Waals surface area contributed by atoms with E-state index in [1.807, 2.05) is 11.8 Å². The fraction of sp³-hybridized carbons (Fsp3) is 0.727. The number of hydrogen-bond donors (Lipinski definition) is 3. The zero-order valence-corrected chi connectivity index (χ0v) is 17.3. The summed E-state index contributed by atoms with van der Waals surface area (Å²) < 4.78 is 0. The first-order chi connectivity index (χ1) is 14.5. The average Bonchev–Trinajstić information content (AvgIpc) is 3.25. The van der Waals surface area contributed by atoms with Crippen molar-refractivity contribution in [2.75, 3.05) is 0 Å². The monoisotopic (exact) mass is 411 g/mol. The molecule has 5 fully saturated rings. The van der Waals surface area contributed by atoms with Gasteiger partial charge < -0.3 is 10.2 Å². The van der Waals surface area contributed by atoms with Gasteiger partial charge in [-0.05, 0) is 32.1 Å². The lowest BCUT2D eigenvalue weighted by Gasteiger charge is -2.41. The van der Waals surface area contributed by atoms with E-state index in [0.717, 1.165) is 25.7 Å². The van der Waals surface area contributed by atoms with Crippen molar-refractivity contribution in [2.45, 2.75) is 76.2 Å². The number of nitriles is 1. The summed E-state index contributed by atoms with van der Waals surface area (Å²) in [6, 6.07) is 2.96. The van der Waals surface area contributed by atoms with Crippen molar-refractivity contribution in [3.8, 4) is 6.07 Å². The molecule has 0 radical (unpaired) electrons. The van der Waals surface area contributed by atoms with Crippen molar-refractivity contribution in [3.05, 3.63) is 11.8 Å². The van der Waals surface area contributed by atoms with Crippen LogP contribution in [-0.4, -0.2) is 46.9 Å². The van der Waals surface area contributed by atoms with Crippen LogP contribution in [0.5, 0.6) is 0 Å². The summed E-state index contributed by atoms with van der Waals surface area (Å²) in [6.45, 7) is 1.96. The van der Waals surface area contributed by atoms with Crippen LogP contribution in [0.4, 0.5) is 0 Å². The number of fused-ring (bicyclic) bond motifs is 4. The van der Waals surface area contributed by atoms with Crippen LogP contribution in [0.15, 0.2) is 11.8 Å². The molecule has 3 aliphatic heterocycles. The van der Waals surface area contributed by atoms with E-state index in [9.17, 15) is 19.6 Å². The van der Waals surface area contributed by atoms with Gasteiger partial charge in [-0.25, -0.2) is 0 Å². The van der Waals surface area contributed by atoms with E-state index in [0.29, 0.717) is 18.4 Å². The van der Waals surface area contributed by atoms with Gasteiger partial charge >= 0.3 is 0 Å². The third-order valence-electron chi connectivity index (χ3n) is 8.02. The van der Waals surface area contributed by atoms with Crippen molar-refractivity contribution >= 4 is 17.7 Å². The normalized spacial score (nSPS) is 44.2. The molecule has 3 saturated heterocycles. The molecule has 0 spiro atoms. The summed E-state index contributed by atoms with van der Waals surface area (Å²) in [7, 11) is 0. The Bertz CT molecular complexity index is 848. The Morgan fingerprint density at radius 3 is 2.67 bits per heavy atom. The zero-order chi connectivity index (χ0) is 21.0.